The summed E-state index contributed by atoms with van der Waals surface area (Å²) in [7, 11) is 0. The number of hydrogen-bond donors (Lipinski definition) is 1. The summed E-state index contributed by atoms with van der Waals surface area (Å²) in [4.78, 5) is 16.1. The van der Waals surface area contributed by atoms with Gasteiger partial charge in [-0.25, -0.2) is 9.78 Å². The van der Waals surface area contributed by atoms with Crippen LogP contribution in [0.15, 0.2) is 65.3 Å². The number of carbonyl (C=O) groups is 1. The molecular weight excluding hydrogens is 372 g/mol. The maximum atomic E-state index is 11.8. The zero-order chi connectivity index (χ0) is 16.8. The number of amides is 1. The van der Waals surface area contributed by atoms with Crippen molar-refractivity contribution in [2.75, 3.05) is 5.32 Å². The van der Waals surface area contributed by atoms with Gasteiger partial charge >= 0.3 is 6.09 Å². The number of halogens is 1. The van der Waals surface area contributed by atoms with Gasteiger partial charge in [-0.1, -0.05) is 58.4 Å². The minimum atomic E-state index is -0.631. The first-order chi connectivity index (χ1) is 11.7. The molecule has 0 aliphatic carbocycles. The van der Waals surface area contributed by atoms with Crippen molar-refractivity contribution in [2.24, 2.45) is 0 Å². The van der Waals surface area contributed by atoms with E-state index in [-0.39, 0.29) is 12.6 Å². The lowest BCUT2D eigenvalue weighted by Gasteiger charge is -2.06. The number of ether oxygens (including phenoxy) is 1. The summed E-state index contributed by atoms with van der Waals surface area (Å²) in [6.45, 7) is 0.173. The van der Waals surface area contributed by atoms with Crippen LogP contribution in [0.2, 0.25) is 0 Å². The molecule has 0 unspecified atom stereocenters. The van der Waals surface area contributed by atoms with Crippen molar-refractivity contribution in [2.45, 2.75) is 6.61 Å². The molecule has 2 aromatic carbocycles. The van der Waals surface area contributed by atoms with E-state index >= 15 is 0 Å². The molecule has 3 rings (SSSR count). The molecule has 0 aliphatic heterocycles. The van der Waals surface area contributed by atoms with E-state index in [0.717, 1.165) is 15.6 Å². The van der Waals surface area contributed by atoms with Crippen molar-refractivity contribution in [1.82, 2.24) is 15.2 Å². The SMILES string of the molecule is O=C(Nc1nncc(-c2ccc(Br)cc2)n1)OCc1ccccc1. The largest absolute Gasteiger partial charge is 0.444 e. The Bertz CT molecular complexity index is 826. The third-order valence-electron chi connectivity index (χ3n) is 3.13. The van der Waals surface area contributed by atoms with Crippen molar-refractivity contribution in [3.8, 4) is 11.3 Å². The second kappa shape index (κ2) is 7.65. The Morgan fingerprint density at radius 2 is 1.83 bits per heavy atom. The average molecular weight is 385 g/mol. The van der Waals surface area contributed by atoms with Crippen molar-refractivity contribution in [1.29, 1.82) is 0 Å². The molecule has 24 heavy (non-hydrogen) atoms. The van der Waals surface area contributed by atoms with Crippen LogP contribution < -0.4 is 5.32 Å². The third-order valence-corrected chi connectivity index (χ3v) is 3.65. The van der Waals surface area contributed by atoms with E-state index in [1.54, 1.807) is 0 Å². The molecule has 1 amide bonds. The zero-order valence-electron chi connectivity index (χ0n) is 12.5. The summed E-state index contributed by atoms with van der Waals surface area (Å²) in [5.41, 5.74) is 2.37. The number of hydrogen-bond acceptors (Lipinski definition) is 5. The van der Waals surface area contributed by atoms with Gasteiger partial charge in [0.2, 0.25) is 0 Å². The van der Waals surface area contributed by atoms with Gasteiger partial charge in [0.15, 0.2) is 0 Å². The first kappa shape index (κ1) is 16.1. The van der Waals surface area contributed by atoms with E-state index in [1.165, 1.54) is 6.20 Å². The zero-order valence-corrected chi connectivity index (χ0v) is 14.1. The van der Waals surface area contributed by atoms with Crippen LogP contribution in [0, 0.1) is 0 Å². The number of nitrogens with zero attached hydrogens (tertiary/aromatic N) is 3. The number of anilines is 1. The standard InChI is InChI=1S/C17H13BrN4O2/c18-14-8-6-13(7-9-14)15-10-19-22-16(20-15)21-17(23)24-11-12-4-2-1-3-5-12/h1-10H,11H2,(H,20,21,22,23). The quantitative estimate of drug-likeness (QED) is 0.733. The molecule has 0 radical (unpaired) electrons. The molecule has 0 fully saturated rings. The van der Waals surface area contributed by atoms with Crippen LogP contribution in [0.3, 0.4) is 0 Å². The summed E-state index contributed by atoms with van der Waals surface area (Å²) >= 11 is 3.38. The van der Waals surface area contributed by atoms with Crippen LogP contribution in [0.1, 0.15) is 5.56 Å². The van der Waals surface area contributed by atoms with E-state index in [4.69, 9.17) is 4.74 Å². The highest BCUT2D eigenvalue weighted by molar-refractivity contribution is 9.10. The summed E-state index contributed by atoms with van der Waals surface area (Å²) in [5, 5.41) is 10.1. The van der Waals surface area contributed by atoms with Crippen molar-refractivity contribution < 1.29 is 9.53 Å². The molecule has 1 aromatic heterocycles. The van der Waals surface area contributed by atoms with Gasteiger partial charge in [0.25, 0.3) is 5.95 Å². The minimum Gasteiger partial charge on any atom is -0.444 e. The average Bonchev–Trinajstić information content (AvgIpc) is 2.62. The van der Waals surface area contributed by atoms with Crippen LogP contribution in [0.25, 0.3) is 11.3 Å². The molecule has 120 valence electrons. The fourth-order valence-electron chi connectivity index (χ4n) is 1.97. The first-order valence-electron chi connectivity index (χ1n) is 7.14. The van der Waals surface area contributed by atoms with Crippen LogP contribution in [-0.4, -0.2) is 21.3 Å². The number of benzene rings is 2. The lowest BCUT2D eigenvalue weighted by atomic mass is 10.2. The Balaban J connectivity index is 1.64. The number of nitrogens with one attached hydrogen (secondary N) is 1. The van der Waals surface area contributed by atoms with Gasteiger partial charge in [-0.15, -0.1) is 5.10 Å². The van der Waals surface area contributed by atoms with Gasteiger partial charge in [0.1, 0.15) is 6.61 Å². The maximum Gasteiger partial charge on any atom is 0.414 e. The monoisotopic (exact) mass is 384 g/mol. The van der Waals surface area contributed by atoms with Crippen LogP contribution in [0.5, 0.6) is 0 Å². The van der Waals surface area contributed by atoms with E-state index in [2.05, 4.69) is 36.4 Å². The Hall–Kier alpha value is -2.80. The van der Waals surface area contributed by atoms with Gasteiger partial charge in [0, 0.05) is 10.0 Å². The summed E-state index contributed by atoms with van der Waals surface area (Å²) in [6.07, 6.45) is 0.901. The highest BCUT2D eigenvalue weighted by atomic mass is 79.9. The number of carbonyl (C=O) groups excluding carboxylic acids is 1. The third kappa shape index (κ3) is 4.36. The molecule has 0 saturated heterocycles. The molecule has 0 saturated carbocycles. The Labute approximate surface area is 147 Å². The van der Waals surface area contributed by atoms with E-state index in [0.29, 0.717) is 5.69 Å². The molecule has 7 heteroatoms. The van der Waals surface area contributed by atoms with Crippen molar-refractivity contribution in [3.63, 3.8) is 0 Å². The van der Waals surface area contributed by atoms with Crippen LogP contribution in [0.4, 0.5) is 10.7 Å². The highest BCUT2D eigenvalue weighted by Gasteiger charge is 2.08. The second-order valence-corrected chi connectivity index (χ2v) is 5.77. The predicted molar refractivity (Wildman–Crippen MR) is 93.2 cm³/mol. The first-order valence-corrected chi connectivity index (χ1v) is 7.93. The molecule has 1 heterocycles. The molecule has 0 spiro atoms. The van der Waals surface area contributed by atoms with Gasteiger partial charge in [-0.05, 0) is 17.7 Å². The molecule has 0 aliphatic rings. The van der Waals surface area contributed by atoms with Crippen LogP contribution >= 0.6 is 15.9 Å². The smallest absolute Gasteiger partial charge is 0.414 e. The maximum absolute atomic E-state index is 11.8. The Kier molecular flexibility index (Phi) is 5.12. The lowest BCUT2D eigenvalue weighted by Crippen LogP contribution is -2.16. The van der Waals surface area contributed by atoms with Gasteiger partial charge in [-0.3, -0.25) is 5.32 Å². The van der Waals surface area contributed by atoms with Crippen molar-refractivity contribution >= 4 is 28.0 Å². The predicted octanol–water partition coefficient (Wildman–Crippen LogP) is 4.05. The second-order valence-electron chi connectivity index (χ2n) is 4.86. The normalized spacial score (nSPS) is 10.2. The molecule has 0 bridgehead atoms. The Morgan fingerprint density at radius 1 is 1.08 bits per heavy atom. The fourth-order valence-corrected chi connectivity index (χ4v) is 2.23. The minimum absolute atomic E-state index is 0.0912. The fraction of sp³-hybridized carbons (Fsp3) is 0.0588. The summed E-state index contributed by atoms with van der Waals surface area (Å²) in [5.74, 6) is 0.0912. The van der Waals surface area contributed by atoms with Gasteiger partial charge < -0.3 is 4.74 Å². The molecule has 6 nitrogen and oxygen atoms in total. The number of rotatable bonds is 4. The van der Waals surface area contributed by atoms with E-state index in [9.17, 15) is 4.79 Å². The van der Waals surface area contributed by atoms with Crippen LogP contribution in [-0.2, 0) is 11.3 Å². The molecule has 1 N–H and O–H groups in total. The molecule has 3 aromatic rings. The Morgan fingerprint density at radius 3 is 2.58 bits per heavy atom. The van der Waals surface area contributed by atoms with Gasteiger partial charge in [-0.2, -0.15) is 5.10 Å². The summed E-state index contributed by atoms with van der Waals surface area (Å²) in [6, 6.07) is 17.0. The summed E-state index contributed by atoms with van der Waals surface area (Å²) < 4.78 is 6.10. The van der Waals surface area contributed by atoms with Crippen molar-refractivity contribution in [3.05, 3.63) is 70.8 Å². The lowest BCUT2D eigenvalue weighted by molar-refractivity contribution is 0.155. The topological polar surface area (TPSA) is 77.0 Å². The van der Waals surface area contributed by atoms with Gasteiger partial charge in [0.05, 0.1) is 11.9 Å². The molecule has 0 atom stereocenters. The highest BCUT2D eigenvalue weighted by Crippen LogP contribution is 2.19. The van der Waals surface area contributed by atoms with E-state index in [1.807, 2.05) is 54.6 Å². The molecular formula is C17H13BrN4O2. The number of aromatic nitrogens is 3. The van der Waals surface area contributed by atoms with E-state index < -0.39 is 6.09 Å².